The lowest BCUT2D eigenvalue weighted by Gasteiger charge is -2.22. The Morgan fingerprint density at radius 3 is 2.22 bits per heavy atom. The molecule has 3 heteroatoms. The molecule has 0 bridgehead atoms. The SMILES string of the molecule is C=C(C)CC1=C(C)C(=Nc2ccc(OC)cc2)C(C)=C(C)C1=O. The predicted octanol–water partition coefficient (Wildman–Crippen LogP) is 4.97. The minimum Gasteiger partial charge on any atom is -0.497 e. The summed E-state index contributed by atoms with van der Waals surface area (Å²) in [6, 6.07) is 7.59. The van der Waals surface area contributed by atoms with Crippen molar-refractivity contribution in [1.29, 1.82) is 0 Å². The van der Waals surface area contributed by atoms with Crippen molar-refractivity contribution in [2.75, 3.05) is 7.11 Å². The van der Waals surface area contributed by atoms with Crippen molar-refractivity contribution < 1.29 is 9.53 Å². The number of ether oxygens (including phenoxy) is 1. The fraction of sp³-hybridized carbons (Fsp3) is 0.300. The molecule has 0 saturated heterocycles. The molecule has 0 aliphatic heterocycles. The summed E-state index contributed by atoms with van der Waals surface area (Å²) in [5.74, 6) is 0.906. The van der Waals surface area contributed by atoms with E-state index in [-0.39, 0.29) is 5.78 Å². The molecule has 0 amide bonds. The van der Waals surface area contributed by atoms with Crippen LogP contribution in [0.4, 0.5) is 5.69 Å². The van der Waals surface area contributed by atoms with Crippen molar-refractivity contribution in [2.45, 2.75) is 34.1 Å². The Hall–Kier alpha value is -2.42. The summed E-state index contributed by atoms with van der Waals surface area (Å²) in [4.78, 5) is 17.3. The first-order chi connectivity index (χ1) is 10.8. The molecule has 0 unspecified atom stereocenters. The summed E-state index contributed by atoms with van der Waals surface area (Å²) in [7, 11) is 1.64. The van der Waals surface area contributed by atoms with Crippen LogP contribution in [0, 0.1) is 0 Å². The van der Waals surface area contributed by atoms with E-state index in [4.69, 9.17) is 9.73 Å². The van der Waals surface area contributed by atoms with Crippen LogP contribution in [0.2, 0.25) is 0 Å². The van der Waals surface area contributed by atoms with Gasteiger partial charge in [-0.15, -0.1) is 0 Å². The van der Waals surface area contributed by atoms with Crippen LogP contribution in [0.3, 0.4) is 0 Å². The van der Waals surface area contributed by atoms with E-state index in [9.17, 15) is 4.79 Å². The second kappa shape index (κ2) is 6.78. The first-order valence-electron chi connectivity index (χ1n) is 7.65. The average molecular weight is 309 g/mol. The van der Waals surface area contributed by atoms with Gasteiger partial charge in [0, 0.05) is 11.1 Å². The number of allylic oxidation sites excluding steroid dienone is 5. The number of ketones is 1. The highest BCUT2D eigenvalue weighted by molar-refractivity contribution is 6.27. The summed E-state index contributed by atoms with van der Waals surface area (Å²) in [5.41, 5.74) is 6.14. The lowest BCUT2D eigenvalue weighted by Crippen LogP contribution is -2.21. The van der Waals surface area contributed by atoms with Crippen molar-refractivity contribution in [3.8, 4) is 5.75 Å². The zero-order chi connectivity index (χ0) is 17.1. The molecule has 1 aliphatic rings. The van der Waals surface area contributed by atoms with Gasteiger partial charge in [-0.05, 0) is 69.5 Å². The normalized spacial score (nSPS) is 17.1. The molecule has 0 N–H and O–H groups in total. The van der Waals surface area contributed by atoms with Gasteiger partial charge in [-0.25, -0.2) is 4.99 Å². The van der Waals surface area contributed by atoms with Crippen molar-refractivity contribution in [3.05, 3.63) is 58.7 Å². The third kappa shape index (κ3) is 3.50. The van der Waals surface area contributed by atoms with Gasteiger partial charge in [0.05, 0.1) is 18.5 Å². The zero-order valence-electron chi connectivity index (χ0n) is 14.5. The van der Waals surface area contributed by atoms with E-state index in [0.717, 1.165) is 45.0 Å². The molecule has 0 saturated carbocycles. The maximum atomic E-state index is 12.5. The molecule has 0 fully saturated rings. The molecule has 120 valence electrons. The van der Waals surface area contributed by atoms with Crippen LogP contribution in [0.25, 0.3) is 0 Å². The van der Waals surface area contributed by atoms with E-state index in [1.54, 1.807) is 7.11 Å². The Morgan fingerprint density at radius 2 is 1.70 bits per heavy atom. The molecular formula is C20H23NO2. The first-order valence-corrected chi connectivity index (χ1v) is 7.65. The second-order valence-electron chi connectivity index (χ2n) is 5.97. The fourth-order valence-electron chi connectivity index (χ4n) is 2.64. The number of methoxy groups -OCH3 is 1. The Labute approximate surface area is 138 Å². The highest BCUT2D eigenvalue weighted by Crippen LogP contribution is 2.30. The van der Waals surface area contributed by atoms with Gasteiger partial charge in [0.15, 0.2) is 5.78 Å². The highest BCUT2D eigenvalue weighted by atomic mass is 16.5. The standard InChI is InChI=1S/C20H23NO2/c1-12(2)11-18-15(5)19(13(3)14(4)20(18)22)21-16-7-9-17(23-6)10-8-16/h7-10H,1,11H2,2-6H3. The van der Waals surface area contributed by atoms with Gasteiger partial charge >= 0.3 is 0 Å². The number of hydrogen-bond acceptors (Lipinski definition) is 3. The van der Waals surface area contributed by atoms with Gasteiger partial charge in [0.1, 0.15) is 5.75 Å². The molecular weight excluding hydrogens is 286 g/mol. The average Bonchev–Trinajstić information content (AvgIpc) is 2.54. The molecule has 2 rings (SSSR count). The molecule has 23 heavy (non-hydrogen) atoms. The van der Waals surface area contributed by atoms with E-state index in [2.05, 4.69) is 6.58 Å². The molecule has 1 aliphatic carbocycles. The summed E-state index contributed by atoms with van der Waals surface area (Å²) < 4.78 is 5.17. The van der Waals surface area contributed by atoms with Gasteiger partial charge in [-0.2, -0.15) is 0 Å². The molecule has 1 aromatic carbocycles. The Morgan fingerprint density at radius 1 is 1.09 bits per heavy atom. The predicted molar refractivity (Wildman–Crippen MR) is 95.6 cm³/mol. The summed E-state index contributed by atoms with van der Waals surface area (Å²) in [6.45, 7) is 11.7. The van der Waals surface area contributed by atoms with Gasteiger partial charge in [0.2, 0.25) is 0 Å². The minimum absolute atomic E-state index is 0.108. The third-order valence-corrected chi connectivity index (χ3v) is 4.13. The van der Waals surface area contributed by atoms with Gasteiger partial charge in [0.25, 0.3) is 0 Å². The molecule has 0 atom stereocenters. The molecule has 0 aromatic heterocycles. The number of carbonyl (C=O) groups is 1. The van der Waals surface area contributed by atoms with Gasteiger partial charge in [-0.3, -0.25) is 4.79 Å². The van der Waals surface area contributed by atoms with Crippen molar-refractivity contribution >= 4 is 17.2 Å². The fourth-order valence-corrected chi connectivity index (χ4v) is 2.64. The van der Waals surface area contributed by atoms with Crippen LogP contribution in [-0.2, 0) is 4.79 Å². The van der Waals surface area contributed by atoms with Crippen LogP contribution >= 0.6 is 0 Å². The molecule has 3 nitrogen and oxygen atoms in total. The van der Waals surface area contributed by atoms with Crippen LogP contribution in [0.5, 0.6) is 5.75 Å². The maximum absolute atomic E-state index is 12.5. The molecule has 0 radical (unpaired) electrons. The van der Waals surface area contributed by atoms with Crippen molar-refractivity contribution in [2.24, 2.45) is 4.99 Å². The quantitative estimate of drug-likeness (QED) is 0.582. The molecule has 0 spiro atoms. The lowest BCUT2D eigenvalue weighted by atomic mass is 9.83. The van der Waals surface area contributed by atoms with Crippen LogP contribution in [0.15, 0.2) is 63.7 Å². The Bertz CT molecular complexity index is 746. The van der Waals surface area contributed by atoms with E-state index in [1.165, 1.54) is 0 Å². The van der Waals surface area contributed by atoms with Gasteiger partial charge in [-0.1, -0.05) is 12.2 Å². The number of carbonyl (C=O) groups excluding carboxylic acids is 1. The number of nitrogens with zero attached hydrogens (tertiary/aromatic N) is 1. The summed E-state index contributed by atoms with van der Waals surface area (Å²) in [6.07, 6.45) is 0.594. The Kier molecular flexibility index (Phi) is 4.99. The highest BCUT2D eigenvalue weighted by Gasteiger charge is 2.26. The van der Waals surface area contributed by atoms with Crippen LogP contribution in [-0.4, -0.2) is 18.6 Å². The zero-order valence-corrected chi connectivity index (χ0v) is 14.5. The van der Waals surface area contributed by atoms with E-state index < -0.39 is 0 Å². The minimum atomic E-state index is 0.108. The van der Waals surface area contributed by atoms with Crippen molar-refractivity contribution in [1.82, 2.24) is 0 Å². The number of Topliss-reactive ketones (excluding diaryl/α,β-unsaturated/α-hetero) is 1. The van der Waals surface area contributed by atoms with Gasteiger partial charge < -0.3 is 4.74 Å². The summed E-state index contributed by atoms with van der Waals surface area (Å²) >= 11 is 0. The van der Waals surface area contributed by atoms with E-state index in [0.29, 0.717) is 6.42 Å². The number of hydrogen-bond donors (Lipinski definition) is 0. The number of benzene rings is 1. The van der Waals surface area contributed by atoms with Crippen LogP contribution in [0.1, 0.15) is 34.1 Å². The van der Waals surface area contributed by atoms with E-state index in [1.807, 2.05) is 52.0 Å². The number of rotatable bonds is 4. The Balaban J connectivity index is 2.52. The van der Waals surface area contributed by atoms with E-state index >= 15 is 0 Å². The lowest BCUT2D eigenvalue weighted by molar-refractivity contribution is -0.112. The smallest absolute Gasteiger partial charge is 0.185 e. The summed E-state index contributed by atoms with van der Waals surface area (Å²) in [5, 5.41) is 0. The number of aliphatic imine (C=N–C) groups is 1. The molecule has 1 aromatic rings. The van der Waals surface area contributed by atoms with Crippen LogP contribution < -0.4 is 4.74 Å². The first kappa shape index (κ1) is 16.9. The largest absolute Gasteiger partial charge is 0.497 e. The second-order valence-corrected chi connectivity index (χ2v) is 5.97. The molecule has 0 heterocycles. The third-order valence-electron chi connectivity index (χ3n) is 4.13. The van der Waals surface area contributed by atoms with Crippen molar-refractivity contribution in [3.63, 3.8) is 0 Å². The maximum Gasteiger partial charge on any atom is 0.185 e. The topological polar surface area (TPSA) is 38.7 Å². The monoisotopic (exact) mass is 309 g/mol.